The van der Waals surface area contributed by atoms with Gasteiger partial charge in [0.1, 0.15) is 0 Å². The predicted octanol–water partition coefficient (Wildman–Crippen LogP) is 2.47. The van der Waals surface area contributed by atoms with Gasteiger partial charge in [-0.05, 0) is 24.6 Å². The summed E-state index contributed by atoms with van der Waals surface area (Å²) in [6.45, 7) is 4.52. The molecule has 0 saturated carbocycles. The highest BCUT2D eigenvalue weighted by atomic mass is 32.1. The van der Waals surface area contributed by atoms with E-state index in [1.54, 1.807) is 4.90 Å². The van der Waals surface area contributed by atoms with Crippen molar-refractivity contribution in [2.24, 2.45) is 0 Å². The normalized spacial score (nSPS) is 15.7. The maximum absolute atomic E-state index is 12.0. The lowest BCUT2D eigenvalue weighted by atomic mass is 10.2. The molecule has 2 aromatic rings. The molecule has 0 aliphatic carbocycles. The summed E-state index contributed by atoms with van der Waals surface area (Å²) >= 11 is 1.50. The van der Waals surface area contributed by atoms with Crippen LogP contribution in [-0.2, 0) is 4.74 Å². The van der Waals surface area contributed by atoms with E-state index in [1.807, 2.05) is 19.1 Å². The lowest BCUT2D eigenvalue weighted by Crippen LogP contribution is -2.43. The van der Waals surface area contributed by atoms with Crippen molar-refractivity contribution in [3.05, 3.63) is 23.8 Å². The van der Waals surface area contributed by atoms with Gasteiger partial charge in [-0.3, -0.25) is 5.32 Å². The fourth-order valence-electron chi connectivity index (χ4n) is 2.02. The molecule has 19 heavy (non-hydrogen) atoms. The first-order valence-electron chi connectivity index (χ1n) is 6.23. The van der Waals surface area contributed by atoms with Crippen LogP contribution in [0.15, 0.2) is 18.2 Å². The number of fused-ring (bicyclic) bond motifs is 1. The van der Waals surface area contributed by atoms with E-state index in [2.05, 4.69) is 16.4 Å². The smallest absolute Gasteiger partial charge is 0.323 e. The summed E-state index contributed by atoms with van der Waals surface area (Å²) in [7, 11) is 0. The Hall–Kier alpha value is -1.66. The van der Waals surface area contributed by atoms with Crippen LogP contribution in [0.1, 0.15) is 5.56 Å². The van der Waals surface area contributed by atoms with Gasteiger partial charge >= 0.3 is 6.03 Å². The molecule has 0 atom stereocenters. The van der Waals surface area contributed by atoms with Crippen LogP contribution in [0.2, 0.25) is 0 Å². The fraction of sp³-hybridized carbons (Fsp3) is 0.385. The van der Waals surface area contributed by atoms with Crippen LogP contribution in [0.4, 0.5) is 9.93 Å². The van der Waals surface area contributed by atoms with E-state index >= 15 is 0 Å². The van der Waals surface area contributed by atoms with Crippen LogP contribution >= 0.6 is 11.3 Å². The van der Waals surface area contributed by atoms with Crippen molar-refractivity contribution in [1.29, 1.82) is 0 Å². The Balaban J connectivity index is 1.75. The minimum absolute atomic E-state index is 0.0981. The Morgan fingerprint density at radius 2 is 2.21 bits per heavy atom. The Kier molecular flexibility index (Phi) is 3.35. The third-order valence-electron chi connectivity index (χ3n) is 3.06. The zero-order valence-electron chi connectivity index (χ0n) is 10.7. The molecule has 100 valence electrons. The number of aryl methyl sites for hydroxylation is 1. The number of benzene rings is 1. The van der Waals surface area contributed by atoms with Crippen molar-refractivity contribution in [3.8, 4) is 0 Å². The molecule has 1 aromatic heterocycles. The van der Waals surface area contributed by atoms with Crippen LogP contribution in [0.5, 0.6) is 0 Å². The van der Waals surface area contributed by atoms with Gasteiger partial charge in [-0.2, -0.15) is 0 Å². The number of hydrogen-bond acceptors (Lipinski definition) is 4. The Morgan fingerprint density at radius 3 is 3.00 bits per heavy atom. The number of anilines is 1. The summed E-state index contributed by atoms with van der Waals surface area (Å²) < 4.78 is 6.32. The number of ether oxygens (including phenoxy) is 1. The predicted molar refractivity (Wildman–Crippen MR) is 75.8 cm³/mol. The average Bonchev–Trinajstić information content (AvgIpc) is 2.81. The van der Waals surface area contributed by atoms with Gasteiger partial charge in [0.15, 0.2) is 5.13 Å². The molecule has 0 unspecified atom stereocenters. The van der Waals surface area contributed by atoms with Crippen LogP contribution in [0.25, 0.3) is 10.2 Å². The molecule has 0 radical (unpaired) electrons. The van der Waals surface area contributed by atoms with Gasteiger partial charge in [-0.15, -0.1) is 0 Å². The van der Waals surface area contributed by atoms with Crippen molar-refractivity contribution in [2.75, 3.05) is 31.6 Å². The van der Waals surface area contributed by atoms with E-state index in [0.29, 0.717) is 31.4 Å². The number of aromatic nitrogens is 1. The first kappa shape index (κ1) is 12.4. The standard InChI is InChI=1S/C13H15N3O2S/c1-9-2-3-10-11(8-9)19-12(14-10)15-13(17)16-4-6-18-7-5-16/h2-3,8H,4-7H2,1H3,(H,14,15,17). The van der Waals surface area contributed by atoms with Crippen molar-refractivity contribution in [1.82, 2.24) is 9.88 Å². The van der Waals surface area contributed by atoms with Crippen molar-refractivity contribution in [2.45, 2.75) is 6.92 Å². The second-order valence-electron chi connectivity index (χ2n) is 4.52. The van der Waals surface area contributed by atoms with Crippen molar-refractivity contribution in [3.63, 3.8) is 0 Å². The molecule has 3 rings (SSSR count). The Labute approximate surface area is 115 Å². The quantitative estimate of drug-likeness (QED) is 0.871. The van der Waals surface area contributed by atoms with E-state index in [9.17, 15) is 4.79 Å². The number of nitrogens with zero attached hydrogens (tertiary/aromatic N) is 2. The Morgan fingerprint density at radius 1 is 1.42 bits per heavy atom. The van der Waals surface area contributed by atoms with Gasteiger partial charge in [-0.1, -0.05) is 17.4 Å². The zero-order chi connectivity index (χ0) is 13.2. The molecule has 1 aliphatic rings. The summed E-state index contributed by atoms with van der Waals surface area (Å²) in [5.74, 6) is 0. The summed E-state index contributed by atoms with van der Waals surface area (Å²) in [5.41, 5.74) is 2.12. The second kappa shape index (κ2) is 5.14. The van der Waals surface area contributed by atoms with E-state index in [4.69, 9.17) is 4.74 Å². The number of carbonyl (C=O) groups is 1. The monoisotopic (exact) mass is 277 g/mol. The van der Waals surface area contributed by atoms with E-state index in [-0.39, 0.29) is 6.03 Å². The van der Waals surface area contributed by atoms with Crippen LogP contribution in [-0.4, -0.2) is 42.2 Å². The SMILES string of the molecule is Cc1ccc2nc(NC(=O)N3CCOCC3)sc2c1. The number of amides is 2. The minimum atomic E-state index is -0.0981. The topological polar surface area (TPSA) is 54.5 Å². The molecule has 6 heteroatoms. The molecular weight excluding hydrogens is 262 g/mol. The van der Waals surface area contributed by atoms with Crippen molar-refractivity contribution < 1.29 is 9.53 Å². The molecule has 1 aromatic carbocycles. The largest absolute Gasteiger partial charge is 0.378 e. The number of hydrogen-bond donors (Lipinski definition) is 1. The molecule has 5 nitrogen and oxygen atoms in total. The number of nitrogens with one attached hydrogen (secondary N) is 1. The maximum atomic E-state index is 12.0. The highest BCUT2D eigenvalue weighted by Crippen LogP contribution is 2.26. The molecule has 1 saturated heterocycles. The van der Waals surface area contributed by atoms with Gasteiger partial charge in [0.05, 0.1) is 23.4 Å². The summed E-state index contributed by atoms with van der Waals surface area (Å²) in [4.78, 5) is 18.2. The third-order valence-corrected chi connectivity index (χ3v) is 3.99. The molecule has 0 bridgehead atoms. The fourth-order valence-corrected chi connectivity index (χ4v) is 2.98. The number of rotatable bonds is 1. The number of thiazole rings is 1. The first-order valence-corrected chi connectivity index (χ1v) is 7.05. The molecule has 1 fully saturated rings. The molecule has 2 heterocycles. The molecular formula is C13H15N3O2S. The van der Waals surface area contributed by atoms with Gasteiger partial charge in [0, 0.05) is 13.1 Å². The van der Waals surface area contributed by atoms with Gasteiger partial charge in [-0.25, -0.2) is 9.78 Å². The summed E-state index contributed by atoms with van der Waals surface area (Å²) in [5, 5.41) is 3.51. The molecule has 2 amide bonds. The van der Waals surface area contributed by atoms with Crippen LogP contribution < -0.4 is 5.32 Å². The summed E-state index contributed by atoms with van der Waals surface area (Å²) in [6.07, 6.45) is 0. The molecule has 1 aliphatic heterocycles. The van der Waals surface area contributed by atoms with E-state index in [1.165, 1.54) is 16.9 Å². The van der Waals surface area contributed by atoms with E-state index < -0.39 is 0 Å². The summed E-state index contributed by atoms with van der Waals surface area (Å²) in [6, 6.07) is 5.98. The minimum Gasteiger partial charge on any atom is -0.378 e. The molecule has 1 N–H and O–H groups in total. The maximum Gasteiger partial charge on any atom is 0.323 e. The number of morpholine rings is 1. The zero-order valence-corrected chi connectivity index (χ0v) is 11.5. The van der Waals surface area contributed by atoms with Gasteiger partial charge < -0.3 is 9.64 Å². The highest BCUT2D eigenvalue weighted by molar-refractivity contribution is 7.22. The van der Waals surface area contributed by atoms with Crippen molar-refractivity contribution >= 4 is 32.7 Å². The van der Waals surface area contributed by atoms with Gasteiger partial charge in [0.2, 0.25) is 0 Å². The number of urea groups is 1. The second-order valence-corrected chi connectivity index (χ2v) is 5.55. The van der Waals surface area contributed by atoms with Crippen LogP contribution in [0, 0.1) is 6.92 Å². The molecule has 0 spiro atoms. The van der Waals surface area contributed by atoms with Crippen LogP contribution in [0.3, 0.4) is 0 Å². The average molecular weight is 277 g/mol. The first-order chi connectivity index (χ1) is 9.22. The number of carbonyl (C=O) groups excluding carboxylic acids is 1. The lowest BCUT2D eigenvalue weighted by molar-refractivity contribution is 0.0564. The lowest BCUT2D eigenvalue weighted by Gasteiger charge is -2.26. The van der Waals surface area contributed by atoms with E-state index in [0.717, 1.165) is 10.2 Å². The third kappa shape index (κ3) is 2.69. The van der Waals surface area contributed by atoms with Gasteiger partial charge in [0.25, 0.3) is 0 Å². The Bertz CT molecular complexity index is 605. The highest BCUT2D eigenvalue weighted by Gasteiger charge is 2.17.